The lowest BCUT2D eigenvalue weighted by atomic mass is 10.2. The van der Waals surface area contributed by atoms with E-state index in [1.54, 1.807) is 6.20 Å². The second-order valence-electron chi connectivity index (χ2n) is 4.57. The van der Waals surface area contributed by atoms with Gasteiger partial charge in [-0.25, -0.2) is 4.98 Å². The number of hydrogen-bond donors (Lipinski definition) is 1. The molecule has 98 valence electrons. The summed E-state index contributed by atoms with van der Waals surface area (Å²) in [5.41, 5.74) is 2.18. The summed E-state index contributed by atoms with van der Waals surface area (Å²) in [6.07, 6.45) is 5.58. The van der Waals surface area contributed by atoms with Crippen LogP contribution in [0.3, 0.4) is 0 Å². The lowest BCUT2D eigenvalue weighted by Crippen LogP contribution is -2.12. The number of nitrogens with zero attached hydrogens (tertiary/aromatic N) is 3. The fourth-order valence-corrected chi connectivity index (χ4v) is 3.07. The summed E-state index contributed by atoms with van der Waals surface area (Å²) >= 11 is 8.91. The van der Waals surface area contributed by atoms with E-state index in [0.717, 1.165) is 26.8 Å². The van der Waals surface area contributed by atoms with Crippen LogP contribution in [0.1, 0.15) is 13.0 Å². The second kappa shape index (κ2) is 4.94. The summed E-state index contributed by atoms with van der Waals surface area (Å²) in [7, 11) is 0. The molecule has 0 amide bonds. The van der Waals surface area contributed by atoms with Crippen LogP contribution in [-0.4, -0.2) is 19.1 Å². The standard InChI is InChI=1S/C13H13BrN4S/c1-9(7-17-5-4-15-8-17)18-12-3-2-10(14)6-11(12)16-13(18)19/h2-6,8-9H,7H2,1H3,(H,16,19). The van der Waals surface area contributed by atoms with E-state index in [1.165, 1.54) is 0 Å². The van der Waals surface area contributed by atoms with Crippen LogP contribution in [-0.2, 0) is 6.54 Å². The molecule has 3 aromatic rings. The summed E-state index contributed by atoms with van der Waals surface area (Å²) in [6, 6.07) is 6.42. The molecule has 0 aliphatic carbocycles. The zero-order valence-corrected chi connectivity index (χ0v) is 12.8. The average Bonchev–Trinajstić information content (AvgIpc) is 2.95. The molecule has 0 saturated carbocycles. The number of fused-ring (bicyclic) bond motifs is 1. The van der Waals surface area contributed by atoms with Crippen molar-refractivity contribution in [2.45, 2.75) is 19.5 Å². The fourth-order valence-electron chi connectivity index (χ4n) is 2.32. The molecule has 0 fully saturated rings. The van der Waals surface area contributed by atoms with Gasteiger partial charge in [0.2, 0.25) is 0 Å². The van der Waals surface area contributed by atoms with Crippen LogP contribution >= 0.6 is 28.1 Å². The highest BCUT2D eigenvalue weighted by atomic mass is 79.9. The van der Waals surface area contributed by atoms with Gasteiger partial charge in [0.05, 0.1) is 23.4 Å². The number of imidazole rings is 2. The first kappa shape index (κ1) is 12.6. The lowest BCUT2D eigenvalue weighted by molar-refractivity contribution is 0.470. The van der Waals surface area contributed by atoms with Crippen molar-refractivity contribution in [3.05, 3.63) is 46.2 Å². The first-order valence-corrected chi connectivity index (χ1v) is 7.21. The third-order valence-corrected chi connectivity index (χ3v) is 3.95. The smallest absolute Gasteiger partial charge is 0.178 e. The molecule has 1 N–H and O–H groups in total. The Kier molecular flexibility index (Phi) is 3.28. The third kappa shape index (κ3) is 2.37. The van der Waals surface area contributed by atoms with Gasteiger partial charge >= 0.3 is 0 Å². The molecular weight excluding hydrogens is 324 g/mol. The van der Waals surface area contributed by atoms with Crippen LogP contribution < -0.4 is 0 Å². The van der Waals surface area contributed by atoms with Crippen LogP contribution in [0, 0.1) is 4.77 Å². The average molecular weight is 337 g/mol. The number of hydrogen-bond acceptors (Lipinski definition) is 2. The number of halogens is 1. The van der Waals surface area contributed by atoms with Crippen molar-refractivity contribution in [2.24, 2.45) is 0 Å². The monoisotopic (exact) mass is 336 g/mol. The van der Waals surface area contributed by atoms with Gasteiger partial charge in [0.1, 0.15) is 0 Å². The van der Waals surface area contributed by atoms with Gasteiger partial charge in [-0.1, -0.05) is 15.9 Å². The van der Waals surface area contributed by atoms with E-state index in [1.807, 2.05) is 24.7 Å². The molecule has 0 spiro atoms. The molecule has 6 heteroatoms. The fraction of sp³-hybridized carbons (Fsp3) is 0.231. The zero-order valence-electron chi connectivity index (χ0n) is 10.4. The Morgan fingerprint density at radius 3 is 3.05 bits per heavy atom. The largest absolute Gasteiger partial charge is 0.335 e. The highest BCUT2D eigenvalue weighted by molar-refractivity contribution is 9.10. The number of rotatable bonds is 3. The van der Waals surface area contributed by atoms with Gasteiger partial charge < -0.3 is 14.1 Å². The van der Waals surface area contributed by atoms with Gasteiger partial charge in [-0.05, 0) is 37.3 Å². The SMILES string of the molecule is CC(Cn1ccnc1)n1c(=S)[nH]c2cc(Br)ccc21. The maximum absolute atomic E-state index is 5.44. The quantitative estimate of drug-likeness (QED) is 0.736. The Bertz CT molecular complexity index is 757. The molecule has 2 aromatic heterocycles. The molecule has 0 radical (unpaired) electrons. The Morgan fingerprint density at radius 2 is 2.32 bits per heavy atom. The molecule has 1 aromatic carbocycles. The first-order valence-electron chi connectivity index (χ1n) is 6.00. The molecule has 3 rings (SSSR count). The van der Waals surface area contributed by atoms with Crippen molar-refractivity contribution >= 4 is 39.2 Å². The Balaban J connectivity index is 2.04. The van der Waals surface area contributed by atoms with E-state index < -0.39 is 0 Å². The number of benzene rings is 1. The molecule has 4 nitrogen and oxygen atoms in total. The molecule has 1 unspecified atom stereocenters. The molecule has 0 aliphatic heterocycles. The van der Waals surface area contributed by atoms with Crippen LogP contribution in [0.2, 0.25) is 0 Å². The first-order chi connectivity index (χ1) is 9.15. The summed E-state index contributed by atoms with van der Waals surface area (Å²) in [4.78, 5) is 7.32. The summed E-state index contributed by atoms with van der Waals surface area (Å²) in [5.74, 6) is 0. The van der Waals surface area contributed by atoms with Crippen LogP contribution in [0.15, 0.2) is 41.4 Å². The van der Waals surface area contributed by atoms with Gasteiger partial charge in [-0.2, -0.15) is 0 Å². The molecule has 0 aliphatic rings. The Labute approximate surface area is 124 Å². The van der Waals surface area contributed by atoms with E-state index in [9.17, 15) is 0 Å². The topological polar surface area (TPSA) is 38.5 Å². The minimum Gasteiger partial charge on any atom is -0.335 e. The minimum atomic E-state index is 0.261. The summed E-state index contributed by atoms with van der Waals surface area (Å²) in [5, 5.41) is 0. The van der Waals surface area contributed by atoms with E-state index in [2.05, 4.69) is 48.0 Å². The maximum atomic E-state index is 5.44. The van der Waals surface area contributed by atoms with Gasteiger partial charge in [-0.3, -0.25) is 0 Å². The zero-order chi connectivity index (χ0) is 13.4. The highest BCUT2D eigenvalue weighted by Crippen LogP contribution is 2.23. The predicted molar refractivity (Wildman–Crippen MR) is 81.8 cm³/mol. The van der Waals surface area contributed by atoms with Crippen LogP contribution in [0.5, 0.6) is 0 Å². The molecule has 2 heterocycles. The predicted octanol–water partition coefficient (Wildman–Crippen LogP) is 3.92. The molecule has 1 atom stereocenters. The van der Waals surface area contributed by atoms with E-state index in [4.69, 9.17) is 12.2 Å². The molecule has 0 bridgehead atoms. The lowest BCUT2D eigenvalue weighted by Gasteiger charge is -2.15. The number of H-pyrrole nitrogens is 1. The van der Waals surface area contributed by atoms with E-state index in [0.29, 0.717) is 0 Å². The number of nitrogens with one attached hydrogen (secondary N) is 1. The van der Waals surface area contributed by atoms with E-state index >= 15 is 0 Å². The van der Waals surface area contributed by atoms with Gasteiger partial charge in [0.25, 0.3) is 0 Å². The van der Waals surface area contributed by atoms with Crippen LogP contribution in [0.25, 0.3) is 11.0 Å². The third-order valence-electron chi connectivity index (χ3n) is 3.15. The van der Waals surface area contributed by atoms with Crippen molar-refractivity contribution < 1.29 is 0 Å². The van der Waals surface area contributed by atoms with Crippen molar-refractivity contribution in [2.75, 3.05) is 0 Å². The molecule has 19 heavy (non-hydrogen) atoms. The Hall–Kier alpha value is -1.40. The number of aromatic nitrogens is 4. The van der Waals surface area contributed by atoms with Gasteiger partial charge in [-0.15, -0.1) is 0 Å². The number of aromatic amines is 1. The maximum Gasteiger partial charge on any atom is 0.178 e. The minimum absolute atomic E-state index is 0.261. The summed E-state index contributed by atoms with van der Waals surface area (Å²) in [6.45, 7) is 3.00. The molecular formula is C13H13BrN4S. The van der Waals surface area contributed by atoms with Crippen molar-refractivity contribution in [3.63, 3.8) is 0 Å². The Morgan fingerprint density at radius 1 is 1.47 bits per heavy atom. The van der Waals surface area contributed by atoms with Crippen molar-refractivity contribution in [1.29, 1.82) is 0 Å². The van der Waals surface area contributed by atoms with E-state index in [-0.39, 0.29) is 6.04 Å². The normalized spacial score (nSPS) is 12.9. The van der Waals surface area contributed by atoms with Gasteiger partial charge in [0, 0.05) is 23.4 Å². The van der Waals surface area contributed by atoms with Crippen LogP contribution in [0.4, 0.5) is 0 Å². The molecule has 0 saturated heterocycles. The van der Waals surface area contributed by atoms with Gasteiger partial charge in [0.15, 0.2) is 4.77 Å². The second-order valence-corrected chi connectivity index (χ2v) is 5.87. The summed E-state index contributed by atoms with van der Waals surface area (Å²) < 4.78 is 6.01. The van der Waals surface area contributed by atoms with Crippen molar-refractivity contribution in [1.82, 2.24) is 19.1 Å². The highest BCUT2D eigenvalue weighted by Gasteiger charge is 2.11. The van der Waals surface area contributed by atoms with Crippen molar-refractivity contribution in [3.8, 4) is 0 Å².